The Morgan fingerprint density at radius 1 is 1.06 bits per heavy atom. The third-order valence-electron chi connectivity index (χ3n) is 9.75. The summed E-state index contributed by atoms with van der Waals surface area (Å²) in [7, 11) is -0.833. The van der Waals surface area contributed by atoms with Crippen LogP contribution in [0.2, 0.25) is 0 Å². The minimum absolute atomic E-state index is 0.0326. The van der Waals surface area contributed by atoms with Gasteiger partial charge in [-0.05, 0) is 43.3 Å². The normalized spacial score (nSPS) is 16.8. The second-order valence-corrected chi connectivity index (χ2v) is 15.4. The highest BCUT2D eigenvalue weighted by molar-refractivity contribution is 7.92. The highest BCUT2D eigenvalue weighted by Crippen LogP contribution is 2.42. The first-order chi connectivity index (χ1) is 24.7. The Labute approximate surface area is 297 Å². The molecule has 1 fully saturated rings. The van der Waals surface area contributed by atoms with E-state index in [1.807, 2.05) is 31.2 Å². The van der Waals surface area contributed by atoms with Gasteiger partial charge in [0.2, 0.25) is 15.9 Å². The number of nitrogens with one attached hydrogen (secondary N) is 1. The van der Waals surface area contributed by atoms with Crippen molar-refractivity contribution in [3.63, 3.8) is 0 Å². The molecule has 1 saturated heterocycles. The zero-order valence-corrected chi connectivity index (χ0v) is 29.6. The molecule has 8 rings (SSSR count). The van der Waals surface area contributed by atoms with Gasteiger partial charge in [0.1, 0.15) is 28.5 Å². The smallest absolute Gasteiger partial charge is 0.255 e. The lowest BCUT2D eigenvalue weighted by Gasteiger charge is -2.21. The van der Waals surface area contributed by atoms with E-state index >= 15 is 4.39 Å². The number of carbonyl (C=O) groups excluding carboxylic acids is 1. The number of nitrogens with zero attached hydrogens (tertiary/aromatic N) is 5. The second kappa shape index (κ2) is 12.1. The zero-order valence-electron chi connectivity index (χ0n) is 28.7. The number of β-amino-alcohol motifs (C(OH)–C–C–N with tert-alkyl or cyclic N) is 1. The monoisotopic (exact) mass is 724 g/mol. The minimum Gasteiger partial charge on any atom is -0.455 e. The van der Waals surface area contributed by atoms with Crippen molar-refractivity contribution in [3.8, 4) is 22.6 Å². The van der Waals surface area contributed by atoms with Crippen LogP contribution in [0.25, 0.3) is 61.0 Å². The molecule has 14 heteroatoms. The van der Waals surface area contributed by atoms with Gasteiger partial charge in [-0.1, -0.05) is 35.9 Å². The molecule has 0 unspecified atom stereocenters. The number of hydrogen-bond donors (Lipinski definition) is 2. The number of aryl methyl sites for hydroxylation is 1. The van der Waals surface area contributed by atoms with Crippen molar-refractivity contribution in [1.29, 1.82) is 0 Å². The number of fused-ring (bicyclic) bond motifs is 6. The fraction of sp³-hybridized carbons (Fsp3) is 0.237. The summed E-state index contributed by atoms with van der Waals surface area (Å²) in [6.07, 6.45) is 1.06. The Morgan fingerprint density at radius 2 is 1.83 bits per heavy atom. The SMILES string of the molecule is CNC(=O)c1c(-c2ccc(C)cc2)oc2cc(N(C)S(C)(=O)=O)c(-c3ccc4nc(CN5CC[C@](O)(F)C5)n5c6cccc(F)c6cc5c4n3)cc12. The standard InChI is InChI=1S/C38H34F2N6O5S/c1-21-8-10-22(11-9-21)36-34(37(47)41-2)25-16-24(30(18-32(25)51-36)44(3)52(4,49)50)27-12-13-28-35(43-27)31-17-23-26(39)6-5-7-29(23)46(31)33(42-28)19-45-15-14-38(40,48)20-45/h5-13,16-18,48H,14-15,19-20H2,1-4H3,(H,41,47)/t38-/m1/s1. The number of anilines is 1. The van der Waals surface area contributed by atoms with Crippen LogP contribution in [0, 0.1) is 12.7 Å². The average molecular weight is 725 g/mol. The number of rotatable bonds is 7. The molecule has 5 heterocycles. The summed E-state index contributed by atoms with van der Waals surface area (Å²) in [4.78, 5) is 25.1. The fourth-order valence-electron chi connectivity index (χ4n) is 7.02. The minimum atomic E-state index is -3.78. The first-order valence-corrected chi connectivity index (χ1v) is 18.4. The lowest BCUT2D eigenvalue weighted by molar-refractivity contribution is -0.0762. The molecule has 3 aromatic carbocycles. The molecule has 1 amide bonds. The van der Waals surface area contributed by atoms with Gasteiger partial charge in [0, 0.05) is 55.0 Å². The maximum atomic E-state index is 15.2. The van der Waals surface area contributed by atoms with Crippen LogP contribution in [0.15, 0.2) is 77.2 Å². The van der Waals surface area contributed by atoms with Crippen LogP contribution < -0.4 is 9.62 Å². The largest absolute Gasteiger partial charge is 0.455 e. The summed E-state index contributed by atoms with van der Waals surface area (Å²) >= 11 is 0. The summed E-state index contributed by atoms with van der Waals surface area (Å²) < 4.78 is 64.8. The van der Waals surface area contributed by atoms with Crippen LogP contribution in [0.3, 0.4) is 0 Å². The number of amides is 1. The fourth-order valence-corrected chi connectivity index (χ4v) is 7.53. The van der Waals surface area contributed by atoms with E-state index < -0.39 is 21.7 Å². The maximum absolute atomic E-state index is 15.2. The van der Waals surface area contributed by atoms with Gasteiger partial charge >= 0.3 is 0 Å². The van der Waals surface area contributed by atoms with E-state index in [1.165, 1.54) is 20.2 Å². The van der Waals surface area contributed by atoms with Gasteiger partial charge in [0.15, 0.2) is 0 Å². The van der Waals surface area contributed by atoms with Crippen LogP contribution in [-0.2, 0) is 16.6 Å². The molecule has 266 valence electrons. The van der Waals surface area contributed by atoms with E-state index in [1.54, 1.807) is 51.8 Å². The van der Waals surface area contributed by atoms with Gasteiger partial charge in [-0.15, -0.1) is 0 Å². The van der Waals surface area contributed by atoms with Crippen molar-refractivity contribution in [2.75, 3.05) is 37.7 Å². The molecular weight excluding hydrogens is 691 g/mol. The van der Waals surface area contributed by atoms with Crippen molar-refractivity contribution in [2.45, 2.75) is 25.7 Å². The molecule has 11 nitrogen and oxygen atoms in total. The summed E-state index contributed by atoms with van der Waals surface area (Å²) in [5.74, 6) is -2.30. The number of sulfonamides is 1. The van der Waals surface area contributed by atoms with E-state index in [2.05, 4.69) is 5.32 Å². The maximum Gasteiger partial charge on any atom is 0.255 e. The van der Waals surface area contributed by atoms with Gasteiger partial charge in [-0.25, -0.2) is 27.2 Å². The lowest BCUT2D eigenvalue weighted by Crippen LogP contribution is -2.29. The molecule has 0 aliphatic carbocycles. The number of likely N-dealkylation sites (tertiary alicyclic amines) is 1. The van der Waals surface area contributed by atoms with Crippen molar-refractivity contribution in [1.82, 2.24) is 24.6 Å². The van der Waals surface area contributed by atoms with Gasteiger partial charge in [-0.2, -0.15) is 0 Å². The predicted octanol–water partition coefficient (Wildman–Crippen LogP) is 6.18. The Morgan fingerprint density at radius 3 is 2.52 bits per heavy atom. The number of halogens is 2. The molecule has 4 aromatic heterocycles. The first kappa shape index (κ1) is 33.7. The highest BCUT2D eigenvalue weighted by Gasteiger charge is 2.36. The van der Waals surface area contributed by atoms with Crippen molar-refractivity contribution in [3.05, 3.63) is 95.6 Å². The number of pyridine rings is 1. The molecule has 0 spiro atoms. The molecule has 0 saturated carbocycles. The summed E-state index contributed by atoms with van der Waals surface area (Å²) in [6.45, 7) is 2.27. The van der Waals surface area contributed by atoms with Gasteiger partial charge in [0.05, 0.1) is 52.8 Å². The third-order valence-corrected chi connectivity index (χ3v) is 10.9. The first-order valence-electron chi connectivity index (χ1n) is 16.6. The number of hydrogen-bond acceptors (Lipinski definition) is 8. The van der Waals surface area contributed by atoms with Crippen LogP contribution in [0.1, 0.15) is 28.2 Å². The predicted molar refractivity (Wildman–Crippen MR) is 196 cm³/mol. The van der Waals surface area contributed by atoms with E-state index in [-0.39, 0.29) is 36.7 Å². The lowest BCUT2D eigenvalue weighted by atomic mass is 10.00. The number of aliphatic hydroxyl groups is 1. The average Bonchev–Trinajstić information content (AvgIpc) is 3.80. The number of carbonyl (C=O) groups is 1. The van der Waals surface area contributed by atoms with E-state index in [4.69, 9.17) is 14.4 Å². The molecule has 0 radical (unpaired) electrons. The van der Waals surface area contributed by atoms with E-state index in [9.17, 15) is 22.7 Å². The Hall–Kier alpha value is -5.44. The zero-order chi connectivity index (χ0) is 36.7. The molecule has 2 N–H and O–H groups in total. The van der Waals surface area contributed by atoms with Gasteiger partial charge in [-0.3, -0.25) is 18.4 Å². The van der Waals surface area contributed by atoms with Gasteiger partial charge < -0.3 is 14.8 Å². The Kier molecular flexibility index (Phi) is 7.82. The summed E-state index contributed by atoms with van der Waals surface area (Å²) in [5.41, 5.74) is 5.25. The van der Waals surface area contributed by atoms with Crippen LogP contribution >= 0.6 is 0 Å². The Balaban J connectivity index is 1.39. The molecule has 7 aromatic rings. The topological polar surface area (TPSA) is 133 Å². The third kappa shape index (κ3) is 5.63. The summed E-state index contributed by atoms with van der Waals surface area (Å²) in [6, 6.07) is 20.7. The van der Waals surface area contributed by atoms with Crippen LogP contribution in [0.4, 0.5) is 14.5 Å². The number of benzene rings is 3. The van der Waals surface area contributed by atoms with E-state index in [0.717, 1.165) is 16.1 Å². The van der Waals surface area contributed by atoms with Crippen molar-refractivity contribution in [2.24, 2.45) is 0 Å². The molecular formula is C38H34F2N6O5S. The van der Waals surface area contributed by atoms with Crippen molar-refractivity contribution < 1.29 is 31.5 Å². The number of alkyl halides is 1. The Bertz CT molecular complexity index is 2710. The number of aromatic nitrogens is 3. The molecule has 1 atom stereocenters. The summed E-state index contributed by atoms with van der Waals surface area (Å²) in [5, 5.41) is 13.5. The molecule has 1 aliphatic rings. The number of furan rings is 1. The second-order valence-electron chi connectivity index (χ2n) is 13.4. The quantitative estimate of drug-likeness (QED) is 0.199. The van der Waals surface area contributed by atoms with Gasteiger partial charge in [0.25, 0.3) is 5.91 Å². The van der Waals surface area contributed by atoms with Crippen LogP contribution in [0.5, 0.6) is 0 Å². The van der Waals surface area contributed by atoms with Crippen LogP contribution in [-0.4, -0.2) is 78.0 Å². The molecule has 52 heavy (non-hydrogen) atoms. The molecule has 0 bridgehead atoms. The molecule has 1 aliphatic heterocycles. The van der Waals surface area contributed by atoms with E-state index in [0.29, 0.717) is 73.4 Å². The van der Waals surface area contributed by atoms with Crippen molar-refractivity contribution >= 4 is 60.0 Å². The highest BCUT2D eigenvalue weighted by atomic mass is 32.2.